The summed E-state index contributed by atoms with van der Waals surface area (Å²) >= 11 is 4.83. The van der Waals surface area contributed by atoms with Crippen LogP contribution in [0.15, 0.2) is 12.4 Å². The molecule has 2 N–H and O–H groups in total. The van der Waals surface area contributed by atoms with Crippen molar-refractivity contribution in [3.05, 3.63) is 18.1 Å². The Kier molecular flexibility index (Phi) is 5.24. The zero-order valence-electron chi connectivity index (χ0n) is 10.4. The topological polar surface area (TPSA) is 64.3 Å². The lowest BCUT2D eigenvalue weighted by atomic mass is 10.3. The van der Waals surface area contributed by atoms with Crippen LogP contribution in [-0.2, 0) is 4.74 Å². The van der Waals surface area contributed by atoms with Gasteiger partial charge in [-0.1, -0.05) is 12.2 Å². The second-order valence-electron chi connectivity index (χ2n) is 3.71. The van der Waals surface area contributed by atoms with E-state index < -0.39 is 0 Å². The highest BCUT2D eigenvalue weighted by Crippen LogP contribution is 2.12. The predicted molar refractivity (Wildman–Crippen MR) is 72.3 cm³/mol. The number of nitrogens with two attached hydrogens (primary N) is 1. The van der Waals surface area contributed by atoms with Gasteiger partial charge in [0.1, 0.15) is 16.5 Å². The van der Waals surface area contributed by atoms with E-state index in [4.69, 9.17) is 22.7 Å². The van der Waals surface area contributed by atoms with Gasteiger partial charge in [0.2, 0.25) is 0 Å². The average molecular weight is 254 g/mol. The van der Waals surface area contributed by atoms with E-state index in [-0.39, 0.29) is 11.0 Å². The van der Waals surface area contributed by atoms with Crippen LogP contribution in [0.5, 0.6) is 0 Å². The highest BCUT2D eigenvalue weighted by Gasteiger charge is 2.14. The van der Waals surface area contributed by atoms with E-state index in [1.54, 1.807) is 19.5 Å². The van der Waals surface area contributed by atoms with Crippen LogP contribution in [-0.4, -0.2) is 41.3 Å². The molecule has 5 nitrogen and oxygen atoms in total. The maximum atomic E-state index is 5.48. The fourth-order valence-corrected chi connectivity index (χ4v) is 1.73. The van der Waals surface area contributed by atoms with Gasteiger partial charge in [-0.05, 0) is 13.8 Å². The lowest BCUT2D eigenvalue weighted by Gasteiger charge is -2.28. The number of likely N-dealkylation sites (N-methyl/N-ethyl adjacent to an activating group) is 1. The number of anilines is 1. The zero-order valence-corrected chi connectivity index (χ0v) is 11.2. The monoisotopic (exact) mass is 254 g/mol. The molecule has 1 atom stereocenters. The van der Waals surface area contributed by atoms with E-state index in [0.29, 0.717) is 12.3 Å². The SMILES string of the molecule is CCN(c1cnc(C(N)=S)cn1)C(C)COC. The van der Waals surface area contributed by atoms with Crippen LogP contribution in [0.1, 0.15) is 19.5 Å². The van der Waals surface area contributed by atoms with Crippen molar-refractivity contribution in [3.63, 3.8) is 0 Å². The molecule has 0 aromatic carbocycles. The van der Waals surface area contributed by atoms with E-state index in [0.717, 1.165) is 12.4 Å². The fourth-order valence-electron chi connectivity index (χ4n) is 1.63. The molecule has 1 rings (SSSR count). The summed E-state index contributed by atoms with van der Waals surface area (Å²) in [7, 11) is 1.69. The lowest BCUT2D eigenvalue weighted by molar-refractivity contribution is 0.181. The maximum Gasteiger partial charge on any atom is 0.147 e. The molecule has 0 saturated heterocycles. The Hall–Kier alpha value is -1.27. The molecular weight excluding hydrogens is 236 g/mol. The van der Waals surface area contributed by atoms with Crippen LogP contribution in [0.3, 0.4) is 0 Å². The van der Waals surface area contributed by atoms with Crippen molar-refractivity contribution in [2.75, 3.05) is 25.2 Å². The Morgan fingerprint density at radius 2 is 2.24 bits per heavy atom. The van der Waals surface area contributed by atoms with Gasteiger partial charge in [-0.25, -0.2) is 9.97 Å². The van der Waals surface area contributed by atoms with Gasteiger partial charge in [0.05, 0.1) is 25.0 Å². The first-order valence-electron chi connectivity index (χ1n) is 5.47. The predicted octanol–water partition coefficient (Wildman–Crippen LogP) is 0.972. The molecule has 0 saturated carbocycles. The Morgan fingerprint density at radius 3 is 2.65 bits per heavy atom. The van der Waals surface area contributed by atoms with Crippen molar-refractivity contribution < 1.29 is 4.74 Å². The third-order valence-corrected chi connectivity index (χ3v) is 2.67. The minimum absolute atomic E-state index is 0.245. The molecule has 0 bridgehead atoms. The van der Waals surface area contributed by atoms with Crippen LogP contribution >= 0.6 is 12.2 Å². The standard InChI is InChI=1S/C11H18N4OS/c1-4-15(8(2)7-16-3)10-6-13-9(5-14-10)11(12)17/h5-6,8H,4,7H2,1-3H3,(H2,12,17). The van der Waals surface area contributed by atoms with Crippen molar-refractivity contribution in [1.29, 1.82) is 0 Å². The molecule has 0 aliphatic heterocycles. The number of ether oxygens (including phenoxy) is 1. The number of hydrogen-bond acceptors (Lipinski definition) is 5. The first-order chi connectivity index (χ1) is 8.10. The Bertz CT molecular complexity index is 368. The third kappa shape index (κ3) is 3.61. The van der Waals surface area contributed by atoms with Crippen molar-refractivity contribution in [2.45, 2.75) is 19.9 Å². The Balaban J connectivity index is 2.85. The van der Waals surface area contributed by atoms with Gasteiger partial charge in [0.15, 0.2) is 0 Å². The summed E-state index contributed by atoms with van der Waals surface area (Å²) in [5, 5.41) is 0. The summed E-state index contributed by atoms with van der Waals surface area (Å²) in [5.41, 5.74) is 6.02. The number of thiocarbonyl (C=S) groups is 1. The highest BCUT2D eigenvalue weighted by molar-refractivity contribution is 7.80. The average Bonchev–Trinajstić information content (AvgIpc) is 2.31. The molecule has 0 radical (unpaired) electrons. The Morgan fingerprint density at radius 1 is 1.53 bits per heavy atom. The molecule has 6 heteroatoms. The molecule has 1 heterocycles. The number of nitrogens with zero attached hydrogens (tertiary/aromatic N) is 3. The minimum Gasteiger partial charge on any atom is -0.388 e. The first-order valence-corrected chi connectivity index (χ1v) is 5.88. The summed E-state index contributed by atoms with van der Waals surface area (Å²) < 4.78 is 5.14. The van der Waals surface area contributed by atoms with Crippen LogP contribution in [0.25, 0.3) is 0 Å². The molecule has 0 aliphatic carbocycles. The smallest absolute Gasteiger partial charge is 0.147 e. The van der Waals surface area contributed by atoms with E-state index >= 15 is 0 Å². The van der Waals surface area contributed by atoms with Crippen molar-refractivity contribution >= 4 is 23.0 Å². The largest absolute Gasteiger partial charge is 0.388 e. The number of hydrogen-bond donors (Lipinski definition) is 1. The number of rotatable bonds is 6. The van der Waals surface area contributed by atoms with E-state index in [9.17, 15) is 0 Å². The van der Waals surface area contributed by atoms with Crippen molar-refractivity contribution in [1.82, 2.24) is 9.97 Å². The molecular formula is C11H18N4OS. The zero-order chi connectivity index (χ0) is 12.8. The highest BCUT2D eigenvalue weighted by atomic mass is 32.1. The molecule has 1 unspecified atom stereocenters. The van der Waals surface area contributed by atoms with Crippen LogP contribution < -0.4 is 10.6 Å². The summed E-state index contributed by atoms with van der Waals surface area (Å²) in [5.74, 6) is 0.803. The Labute approximate surface area is 107 Å². The van der Waals surface area contributed by atoms with Gasteiger partial charge in [0.25, 0.3) is 0 Å². The fraction of sp³-hybridized carbons (Fsp3) is 0.545. The second kappa shape index (κ2) is 6.46. The van der Waals surface area contributed by atoms with Gasteiger partial charge in [-0.3, -0.25) is 0 Å². The number of aromatic nitrogens is 2. The molecule has 0 fully saturated rings. The number of methoxy groups -OCH3 is 1. The summed E-state index contributed by atoms with van der Waals surface area (Å²) in [4.78, 5) is 10.9. The van der Waals surface area contributed by atoms with E-state index in [1.807, 2.05) is 0 Å². The lowest BCUT2D eigenvalue weighted by Crippen LogP contribution is -2.36. The second-order valence-corrected chi connectivity index (χ2v) is 4.15. The van der Waals surface area contributed by atoms with E-state index in [2.05, 4.69) is 28.7 Å². The quantitative estimate of drug-likeness (QED) is 0.763. The first kappa shape index (κ1) is 13.8. The molecule has 0 spiro atoms. The van der Waals surface area contributed by atoms with Crippen LogP contribution in [0.4, 0.5) is 5.82 Å². The van der Waals surface area contributed by atoms with Crippen molar-refractivity contribution in [2.24, 2.45) is 5.73 Å². The molecule has 1 aromatic rings. The molecule has 0 amide bonds. The minimum atomic E-state index is 0.245. The van der Waals surface area contributed by atoms with Gasteiger partial charge >= 0.3 is 0 Å². The molecule has 0 aliphatic rings. The third-order valence-electron chi connectivity index (χ3n) is 2.47. The summed E-state index contributed by atoms with van der Waals surface area (Å²) in [6, 6.07) is 0.245. The summed E-state index contributed by atoms with van der Waals surface area (Å²) in [6.07, 6.45) is 3.28. The van der Waals surface area contributed by atoms with Gasteiger partial charge < -0.3 is 15.4 Å². The molecule has 94 valence electrons. The van der Waals surface area contributed by atoms with Gasteiger partial charge in [0, 0.05) is 13.7 Å². The van der Waals surface area contributed by atoms with Gasteiger partial charge in [-0.2, -0.15) is 0 Å². The van der Waals surface area contributed by atoms with E-state index in [1.165, 1.54) is 0 Å². The normalized spacial score (nSPS) is 12.2. The van der Waals surface area contributed by atoms with Crippen molar-refractivity contribution in [3.8, 4) is 0 Å². The van der Waals surface area contributed by atoms with Crippen LogP contribution in [0, 0.1) is 0 Å². The van der Waals surface area contributed by atoms with Crippen LogP contribution in [0.2, 0.25) is 0 Å². The van der Waals surface area contributed by atoms with Gasteiger partial charge in [-0.15, -0.1) is 0 Å². The summed E-state index contributed by atoms with van der Waals surface area (Å²) in [6.45, 7) is 5.63. The maximum absolute atomic E-state index is 5.48. The molecule has 17 heavy (non-hydrogen) atoms. The molecule has 1 aromatic heterocycles.